The summed E-state index contributed by atoms with van der Waals surface area (Å²) in [6, 6.07) is 8.35. The fourth-order valence-corrected chi connectivity index (χ4v) is 4.77. The van der Waals surface area contributed by atoms with Crippen LogP contribution < -0.4 is 4.74 Å². The van der Waals surface area contributed by atoms with Crippen molar-refractivity contribution in [3.63, 3.8) is 0 Å². The van der Waals surface area contributed by atoms with E-state index in [9.17, 15) is 18.0 Å². The molecule has 7 nitrogen and oxygen atoms in total. The Balaban J connectivity index is 0.000000383. The van der Waals surface area contributed by atoms with E-state index in [2.05, 4.69) is 17.0 Å². The lowest BCUT2D eigenvalue weighted by molar-refractivity contribution is -0.192. The summed E-state index contributed by atoms with van der Waals surface area (Å²) < 4.78 is 43.0. The molecule has 3 heterocycles. The molecule has 184 valence electrons. The predicted octanol–water partition coefficient (Wildman–Crippen LogP) is 3.18. The Kier molecular flexibility index (Phi) is 8.58. The zero-order valence-corrected chi connectivity index (χ0v) is 18.7. The number of likely N-dealkylation sites (tertiary alicyclic amines) is 2. The Labute approximate surface area is 191 Å². The molecule has 0 aromatic heterocycles. The number of alkyl halides is 3. The second-order valence-corrected chi connectivity index (χ2v) is 8.76. The minimum Gasteiger partial charge on any atom is -0.497 e. The largest absolute Gasteiger partial charge is 0.497 e. The number of methoxy groups -OCH3 is 1. The first kappa shape index (κ1) is 25.3. The minimum absolute atomic E-state index is 0.135. The summed E-state index contributed by atoms with van der Waals surface area (Å²) in [6.07, 6.45) is -0.915. The number of amides is 1. The van der Waals surface area contributed by atoms with Crippen LogP contribution in [0.3, 0.4) is 0 Å². The summed E-state index contributed by atoms with van der Waals surface area (Å²) in [5.74, 6) is -0.435. The van der Waals surface area contributed by atoms with Crippen molar-refractivity contribution in [2.75, 3.05) is 39.9 Å². The van der Waals surface area contributed by atoms with Gasteiger partial charge in [0.15, 0.2) is 0 Å². The lowest BCUT2D eigenvalue weighted by atomic mass is 9.83. The van der Waals surface area contributed by atoms with Gasteiger partial charge in [-0.1, -0.05) is 12.1 Å². The monoisotopic (exact) mass is 472 g/mol. The number of rotatable bonds is 5. The number of halogens is 3. The van der Waals surface area contributed by atoms with Crippen LogP contribution in [0.1, 0.15) is 31.2 Å². The van der Waals surface area contributed by atoms with E-state index in [1.54, 1.807) is 7.11 Å². The van der Waals surface area contributed by atoms with Crippen LogP contribution in [0.25, 0.3) is 0 Å². The van der Waals surface area contributed by atoms with Crippen molar-refractivity contribution in [1.82, 2.24) is 9.80 Å². The number of hydrogen-bond acceptors (Lipinski definition) is 5. The number of aliphatic carboxylic acids is 1. The van der Waals surface area contributed by atoms with E-state index in [0.29, 0.717) is 24.2 Å². The van der Waals surface area contributed by atoms with Gasteiger partial charge in [-0.2, -0.15) is 13.2 Å². The highest BCUT2D eigenvalue weighted by atomic mass is 19.4. The van der Waals surface area contributed by atoms with Crippen LogP contribution in [0.4, 0.5) is 13.2 Å². The Morgan fingerprint density at radius 3 is 2.36 bits per heavy atom. The second-order valence-electron chi connectivity index (χ2n) is 8.76. The smallest absolute Gasteiger partial charge is 0.490 e. The van der Waals surface area contributed by atoms with Gasteiger partial charge in [-0.25, -0.2) is 4.79 Å². The van der Waals surface area contributed by atoms with Crippen molar-refractivity contribution in [1.29, 1.82) is 0 Å². The number of carboxylic acids is 1. The van der Waals surface area contributed by atoms with Crippen LogP contribution >= 0.6 is 0 Å². The Morgan fingerprint density at radius 2 is 1.79 bits per heavy atom. The molecule has 0 radical (unpaired) electrons. The van der Waals surface area contributed by atoms with Crippen LogP contribution in [-0.4, -0.2) is 79.0 Å². The molecule has 1 N–H and O–H groups in total. The number of carboxylic acid groups (broad SMARTS) is 1. The lowest BCUT2D eigenvalue weighted by Crippen LogP contribution is -2.42. The summed E-state index contributed by atoms with van der Waals surface area (Å²) in [6.45, 7) is 5.83. The van der Waals surface area contributed by atoms with E-state index >= 15 is 0 Å². The SMILES string of the molecule is COc1ccc(CN2CC[C@@H]3[C@@H](CO[C@H]3CC(=O)N3CCCC3)C2)cc1.O=C(O)C(F)(F)F. The van der Waals surface area contributed by atoms with Gasteiger partial charge in [0.05, 0.1) is 26.2 Å². The molecule has 1 aromatic rings. The minimum atomic E-state index is -5.08. The number of carbonyl (C=O) groups is 2. The average Bonchev–Trinajstić information content (AvgIpc) is 3.45. The first-order chi connectivity index (χ1) is 15.7. The quantitative estimate of drug-likeness (QED) is 0.709. The van der Waals surface area contributed by atoms with Gasteiger partial charge in [-0.3, -0.25) is 9.69 Å². The summed E-state index contributed by atoms with van der Waals surface area (Å²) >= 11 is 0. The highest BCUT2D eigenvalue weighted by molar-refractivity contribution is 5.77. The number of hydrogen-bond donors (Lipinski definition) is 1. The summed E-state index contributed by atoms with van der Waals surface area (Å²) in [7, 11) is 1.70. The van der Waals surface area contributed by atoms with Crippen molar-refractivity contribution >= 4 is 11.9 Å². The van der Waals surface area contributed by atoms with Crippen LogP contribution in [0.5, 0.6) is 5.75 Å². The molecule has 33 heavy (non-hydrogen) atoms. The van der Waals surface area contributed by atoms with Crippen LogP contribution in [0.15, 0.2) is 24.3 Å². The zero-order chi connectivity index (χ0) is 24.0. The summed E-state index contributed by atoms with van der Waals surface area (Å²) in [5, 5.41) is 7.12. The molecule has 0 spiro atoms. The van der Waals surface area contributed by atoms with Gasteiger partial charge in [-0.05, 0) is 49.4 Å². The molecular formula is C23H31F3N2O5. The van der Waals surface area contributed by atoms with Crippen molar-refractivity contribution in [2.24, 2.45) is 11.8 Å². The fraction of sp³-hybridized carbons (Fsp3) is 0.652. The van der Waals surface area contributed by atoms with Gasteiger partial charge in [0, 0.05) is 32.1 Å². The number of carbonyl (C=O) groups excluding carboxylic acids is 1. The summed E-state index contributed by atoms with van der Waals surface area (Å²) in [5.41, 5.74) is 1.32. The third-order valence-electron chi connectivity index (χ3n) is 6.52. The first-order valence-electron chi connectivity index (χ1n) is 11.2. The number of fused-ring (bicyclic) bond motifs is 1. The van der Waals surface area contributed by atoms with Gasteiger partial charge >= 0.3 is 12.1 Å². The Bertz CT molecular complexity index is 796. The number of piperidine rings is 1. The predicted molar refractivity (Wildman–Crippen MR) is 114 cm³/mol. The molecule has 3 fully saturated rings. The van der Waals surface area contributed by atoms with Gasteiger partial charge < -0.3 is 19.5 Å². The number of nitrogens with zero attached hydrogens (tertiary/aromatic N) is 2. The maximum Gasteiger partial charge on any atom is 0.490 e. The fourth-order valence-electron chi connectivity index (χ4n) is 4.77. The molecular weight excluding hydrogens is 441 g/mol. The molecule has 0 aliphatic carbocycles. The van der Waals surface area contributed by atoms with Gasteiger partial charge in [-0.15, -0.1) is 0 Å². The van der Waals surface area contributed by atoms with Crippen LogP contribution in [-0.2, 0) is 20.9 Å². The third kappa shape index (κ3) is 7.07. The molecule has 4 rings (SSSR count). The molecule has 3 saturated heterocycles. The highest BCUT2D eigenvalue weighted by Crippen LogP contribution is 2.36. The second kappa shape index (κ2) is 11.2. The molecule has 3 atom stereocenters. The average molecular weight is 473 g/mol. The van der Waals surface area contributed by atoms with Gasteiger partial charge in [0.25, 0.3) is 0 Å². The molecule has 1 aromatic carbocycles. The summed E-state index contributed by atoms with van der Waals surface area (Å²) in [4.78, 5) is 25.9. The molecule has 0 bridgehead atoms. The van der Waals surface area contributed by atoms with E-state index in [4.69, 9.17) is 19.4 Å². The molecule has 0 unspecified atom stereocenters. The van der Waals surface area contributed by atoms with E-state index in [1.165, 1.54) is 5.56 Å². The topological polar surface area (TPSA) is 79.3 Å². The van der Waals surface area contributed by atoms with Crippen LogP contribution in [0.2, 0.25) is 0 Å². The van der Waals surface area contributed by atoms with Crippen molar-refractivity contribution in [2.45, 2.75) is 44.5 Å². The van der Waals surface area contributed by atoms with Gasteiger partial charge in [0.1, 0.15) is 5.75 Å². The molecule has 10 heteroatoms. The van der Waals surface area contributed by atoms with Crippen molar-refractivity contribution in [3.8, 4) is 5.75 Å². The standard InChI is InChI=1S/C21H30N2O3.C2HF3O2/c1-25-18-6-4-16(5-7-18)13-22-11-8-19-17(14-22)15-26-20(19)12-21(24)23-9-2-3-10-23;3-2(4,5)1(6)7/h4-7,17,19-20H,2-3,8-15H2,1H3;(H,6,7)/t17-,19-,20+;/m1./s1. The highest BCUT2D eigenvalue weighted by Gasteiger charge is 2.42. The van der Waals surface area contributed by atoms with E-state index in [-0.39, 0.29) is 6.10 Å². The molecule has 0 saturated carbocycles. The van der Waals surface area contributed by atoms with Crippen molar-refractivity contribution < 1.29 is 37.3 Å². The maximum absolute atomic E-state index is 12.5. The first-order valence-corrected chi connectivity index (χ1v) is 11.2. The van der Waals surface area contributed by atoms with E-state index < -0.39 is 12.1 Å². The van der Waals surface area contributed by atoms with E-state index in [1.807, 2.05) is 17.0 Å². The third-order valence-corrected chi connectivity index (χ3v) is 6.52. The Morgan fingerprint density at radius 1 is 1.15 bits per heavy atom. The lowest BCUT2D eigenvalue weighted by Gasteiger charge is -2.35. The zero-order valence-electron chi connectivity index (χ0n) is 18.7. The van der Waals surface area contributed by atoms with E-state index in [0.717, 1.165) is 64.3 Å². The molecule has 1 amide bonds. The van der Waals surface area contributed by atoms with Crippen LogP contribution in [0, 0.1) is 11.8 Å². The van der Waals surface area contributed by atoms with Gasteiger partial charge in [0.2, 0.25) is 5.91 Å². The molecule has 3 aliphatic heterocycles. The van der Waals surface area contributed by atoms with Crippen molar-refractivity contribution in [3.05, 3.63) is 29.8 Å². The maximum atomic E-state index is 12.5. The normalized spacial score (nSPS) is 25.2. The molecule has 3 aliphatic rings. The number of benzene rings is 1. The number of ether oxygens (including phenoxy) is 2. The Hall–Kier alpha value is -2.33.